The summed E-state index contributed by atoms with van der Waals surface area (Å²) in [7, 11) is 0. The van der Waals surface area contributed by atoms with Gasteiger partial charge in [0.05, 0.1) is 0 Å². The van der Waals surface area contributed by atoms with Crippen LogP contribution in [-0.4, -0.2) is 87.8 Å². The molecule has 0 fully saturated rings. The standard InChI is InChI=1S/C3H2O7.2Na.2H/c4-1(5)9-3(8)10-2(6)7;;;;/h(H,4,5)(H,6,7);;;;. The van der Waals surface area contributed by atoms with Crippen LogP contribution in [0.2, 0.25) is 0 Å². The van der Waals surface area contributed by atoms with Crippen molar-refractivity contribution in [1.29, 1.82) is 0 Å². The Morgan fingerprint density at radius 1 is 0.833 bits per heavy atom. The second kappa shape index (κ2) is 9.30. The average molecular weight is 198 g/mol. The summed E-state index contributed by atoms with van der Waals surface area (Å²) >= 11 is 0. The summed E-state index contributed by atoms with van der Waals surface area (Å²) in [6.45, 7) is 0. The second-order valence-corrected chi connectivity index (χ2v) is 0.986. The minimum atomic E-state index is -1.92. The molecule has 9 heteroatoms. The predicted octanol–water partition coefficient (Wildman–Crippen LogP) is -0.801. The van der Waals surface area contributed by atoms with Crippen molar-refractivity contribution in [1.82, 2.24) is 0 Å². The summed E-state index contributed by atoms with van der Waals surface area (Å²) in [5.41, 5.74) is 0. The Balaban J connectivity index is -0.000000405. The Labute approximate surface area is 111 Å². The van der Waals surface area contributed by atoms with Crippen LogP contribution in [-0.2, 0) is 9.47 Å². The molecule has 0 heterocycles. The summed E-state index contributed by atoms with van der Waals surface area (Å²) in [4.78, 5) is 28.8. The first kappa shape index (κ1) is 18.1. The zero-order valence-corrected chi connectivity index (χ0v) is 4.44. The third-order valence-electron chi connectivity index (χ3n) is 0.341. The van der Waals surface area contributed by atoms with E-state index in [9.17, 15) is 14.4 Å². The molecule has 0 aliphatic rings. The molecule has 0 aliphatic heterocycles. The molecular weight excluding hydrogens is 194 g/mol. The first-order chi connectivity index (χ1) is 4.52. The number of carboxylic acid groups (broad SMARTS) is 2. The van der Waals surface area contributed by atoms with Crippen molar-refractivity contribution < 1.29 is 34.1 Å². The molecule has 0 aromatic carbocycles. The van der Waals surface area contributed by atoms with Gasteiger partial charge in [0.15, 0.2) is 0 Å². The molecule has 0 bridgehead atoms. The van der Waals surface area contributed by atoms with E-state index in [-0.39, 0.29) is 59.1 Å². The van der Waals surface area contributed by atoms with Gasteiger partial charge in [0.25, 0.3) is 0 Å². The number of carbonyl (C=O) groups excluding carboxylic acids is 1. The normalized spacial score (nSPS) is 6.67. The van der Waals surface area contributed by atoms with E-state index >= 15 is 0 Å². The topological polar surface area (TPSA) is 110 Å². The van der Waals surface area contributed by atoms with Crippen molar-refractivity contribution in [3.63, 3.8) is 0 Å². The van der Waals surface area contributed by atoms with Crippen LogP contribution in [0.5, 0.6) is 0 Å². The van der Waals surface area contributed by atoms with Gasteiger partial charge in [0, 0.05) is 0 Å². The molecule has 0 aromatic heterocycles. The molecule has 2 N–H and O–H groups in total. The van der Waals surface area contributed by atoms with Crippen LogP contribution in [0.3, 0.4) is 0 Å². The van der Waals surface area contributed by atoms with Gasteiger partial charge in [0.2, 0.25) is 0 Å². The molecule has 0 radical (unpaired) electrons. The van der Waals surface area contributed by atoms with E-state index in [0.29, 0.717) is 0 Å². The van der Waals surface area contributed by atoms with E-state index in [2.05, 4.69) is 9.47 Å². The van der Waals surface area contributed by atoms with Crippen LogP contribution in [0, 0.1) is 0 Å². The Kier molecular flexibility index (Phi) is 14.0. The molecule has 0 aliphatic carbocycles. The molecule has 0 atom stereocenters. The van der Waals surface area contributed by atoms with Gasteiger partial charge in [-0.05, 0) is 0 Å². The van der Waals surface area contributed by atoms with Crippen LogP contribution in [0.15, 0.2) is 0 Å². The van der Waals surface area contributed by atoms with E-state index in [1.54, 1.807) is 0 Å². The molecule has 0 saturated heterocycles. The quantitative estimate of drug-likeness (QED) is 0.297. The monoisotopic (exact) mass is 198 g/mol. The zero-order valence-electron chi connectivity index (χ0n) is 4.44. The Hall–Kier alpha value is 0.210. The maximum atomic E-state index is 9.86. The number of rotatable bonds is 0. The molecule has 0 aromatic rings. The van der Waals surface area contributed by atoms with Crippen LogP contribution in [0.25, 0.3) is 0 Å². The number of hydrogen-bond acceptors (Lipinski definition) is 5. The SMILES string of the molecule is O=C(O)OC(=O)OC(=O)O.[NaH].[NaH]. The van der Waals surface area contributed by atoms with Crippen LogP contribution in [0.1, 0.15) is 0 Å². The Bertz CT molecular complexity index is 159. The molecule has 0 rings (SSSR count). The van der Waals surface area contributed by atoms with Gasteiger partial charge in [-0.3, -0.25) is 0 Å². The maximum absolute atomic E-state index is 9.86. The van der Waals surface area contributed by atoms with Crippen molar-refractivity contribution in [3.8, 4) is 0 Å². The van der Waals surface area contributed by atoms with E-state index in [1.807, 2.05) is 0 Å². The van der Waals surface area contributed by atoms with E-state index < -0.39 is 18.5 Å². The van der Waals surface area contributed by atoms with Crippen molar-refractivity contribution in [2.45, 2.75) is 0 Å². The van der Waals surface area contributed by atoms with Crippen LogP contribution >= 0.6 is 0 Å². The average Bonchev–Trinajstić information content (AvgIpc) is 1.58. The molecule has 0 saturated carbocycles. The Morgan fingerprint density at radius 3 is 1.25 bits per heavy atom. The fraction of sp³-hybridized carbons (Fsp3) is 0. The summed E-state index contributed by atoms with van der Waals surface area (Å²) < 4.78 is 6.47. The van der Waals surface area contributed by atoms with Crippen molar-refractivity contribution >= 4 is 77.6 Å². The van der Waals surface area contributed by atoms with E-state index in [1.165, 1.54) is 0 Å². The van der Waals surface area contributed by atoms with Gasteiger partial charge in [0.1, 0.15) is 0 Å². The summed E-state index contributed by atoms with van der Waals surface area (Å²) in [6.07, 6.45) is -5.64. The zero-order chi connectivity index (χ0) is 8.15. The van der Waals surface area contributed by atoms with Gasteiger partial charge in [-0.15, -0.1) is 0 Å². The van der Waals surface area contributed by atoms with Gasteiger partial charge in [-0.25, -0.2) is 14.4 Å². The molecule has 12 heavy (non-hydrogen) atoms. The predicted molar refractivity (Wildman–Crippen MR) is 37.9 cm³/mol. The summed E-state index contributed by atoms with van der Waals surface area (Å²) in [5, 5.41) is 15.4. The van der Waals surface area contributed by atoms with Gasteiger partial charge < -0.3 is 19.7 Å². The Morgan fingerprint density at radius 2 is 1.08 bits per heavy atom. The van der Waals surface area contributed by atoms with Gasteiger partial charge in [-0.1, -0.05) is 0 Å². The van der Waals surface area contributed by atoms with E-state index in [0.717, 1.165) is 0 Å². The summed E-state index contributed by atoms with van der Waals surface area (Å²) in [5.74, 6) is 0. The number of carbonyl (C=O) groups is 3. The first-order valence-electron chi connectivity index (χ1n) is 1.88. The van der Waals surface area contributed by atoms with Crippen LogP contribution < -0.4 is 0 Å². The van der Waals surface area contributed by atoms with Gasteiger partial charge >= 0.3 is 77.6 Å². The first-order valence-corrected chi connectivity index (χ1v) is 1.88. The van der Waals surface area contributed by atoms with Gasteiger partial charge in [-0.2, -0.15) is 0 Å². The van der Waals surface area contributed by atoms with Crippen LogP contribution in [0.4, 0.5) is 14.4 Å². The van der Waals surface area contributed by atoms with Crippen molar-refractivity contribution in [2.24, 2.45) is 0 Å². The minimum absolute atomic E-state index is 0. The fourth-order valence-corrected chi connectivity index (χ4v) is 0.163. The van der Waals surface area contributed by atoms with Crippen molar-refractivity contribution in [2.75, 3.05) is 0 Å². The molecule has 60 valence electrons. The molecule has 0 spiro atoms. The third-order valence-corrected chi connectivity index (χ3v) is 0.341. The molecule has 0 amide bonds. The van der Waals surface area contributed by atoms with Crippen molar-refractivity contribution in [3.05, 3.63) is 0 Å². The second-order valence-electron chi connectivity index (χ2n) is 0.986. The molecule has 0 unspecified atom stereocenters. The summed E-state index contributed by atoms with van der Waals surface area (Å²) in [6, 6.07) is 0. The number of ether oxygens (including phenoxy) is 2. The molecular formula is C3H4Na2O7. The fourth-order valence-electron chi connectivity index (χ4n) is 0.163. The number of hydrogen-bond donors (Lipinski definition) is 2. The molecule has 7 nitrogen and oxygen atoms in total. The van der Waals surface area contributed by atoms with E-state index in [4.69, 9.17) is 10.2 Å². The third kappa shape index (κ3) is 12.8.